The van der Waals surface area contributed by atoms with E-state index in [0.29, 0.717) is 12.1 Å². The Labute approximate surface area is 296 Å². The van der Waals surface area contributed by atoms with Crippen molar-refractivity contribution in [2.75, 3.05) is 0 Å². The summed E-state index contributed by atoms with van der Waals surface area (Å²) >= 11 is -4.06. The minimum Gasteiger partial charge on any atom is -0.545 e. The van der Waals surface area contributed by atoms with Gasteiger partial charge in [0, 0.05) is 53.8 Å². The normalized spacial score (nSPS) is 11.2. The molecule has 0 aromatic heterocycles. The molecule has 0 aliphatic carbocycles. The molecule has 4 rings (SSSR count). The summed E-state index contributed by atoms with van der Waals surface area (Å²) in [5.41, 5.74) is -5.24. The molecule has 5 N–H and O–H groups in total. The fraction of sp³-hybridized carbons (Fsp3) is 0. The zero-order chi connectivity index (χ0) is 34.5. The molecule has 22 nitrogen and oxygen atoms in total. The Morgan fingerprint density at radius 1 is 0.771 bits per heavy atom. The summed E-state index contributed by atoms with van der Waals surface area (Å²) in [4.78, 5) is 99.8. The molecule has 0 saturated carbocycles. The number of nitrogens with zero attached hydrogens (tertiary/aromatic N) is 3. The number of nitro benzene ring substituents is 1. The minimum atomic E-state index is -4.06. The van der Waals surface area contributed by atoms with Crippen LogP contribution in [0.4, 0.5) is 17.1 Å². The topological polar surface area (TPSA) is 352 Å². The van der Waals surface area contributed by atoms with Gasteiger partial charge in [-0.2, -0.15) is 0 Å². The van der Waals surface area contributed by atoms with Gasteiger partial charge in [-0.15, -0.1) is 0 Å². The maximum absolute atomic E-state index is 12.4. The second-order valence-electron chi connectivity index (χ2n) is 8.36. The van der Waals surface area contributed by atoms with Gasteiger partial charge in [-0.1, -0.05) is 0 Å². The van der Waals surface area contributed by atoms with Crippen molar-refractivity contribution in [1.29, 1.82) is 0 Å². The van der Waals surface area contributed by atoms with E-state index in [2.05, 4.69) is 0 Å². The van der Waals surface area contributed by atoms with Gasteiger partial charge in [0.1, 0.15) is 5.56 Å². The number of carbonyl (C=O) groups excluding carboxylic acids is 3. The third-order valence-corrected chi connectivity index (χ3v) is 6.68. The van der Waals surface area contributed by atoms with E-state index in [4.69, 9.17) is 26.9 Å². The largest absolute Gasteiger partial charge is 1.32 e. The van der Waals surface area contributed by atoms with Crippen LogP contribution in [0.1, 0.15) is 62.1 Å². The molecule has 1 radical (unpaired) electrons. The molecule has 3 aromatic carbocycles. The molecule has 0 spiro atoms. The molecule has 0 amide bonds. The van der Waals surface area contributed by atoms with E-state index >= 15 is 0 Å². The van der Waals surface area contributed by atoms with Gasteiger partial charge in [0.25, 0.3) is 5.69 Å². The molecule has 0 saturated heterocycles. The molecule has 0 fully saturated rings. The number of hydrogen-bond acceptors (Lipinski definition) is 15. The molecule has 1 aliphatic heterocycles. The first-order valence-corrected chi connectivity index (χ1v) is 13.1. The number of carboxylic acids is 5. The first-order valence-electron chi connectivity index (χ1n) is 11.7. The number of fused-ring (bicyclic) bond motifs is 2. The Bertz CT molecular complexity index is 1880. The van der Waals surface area contributed by atoms with Crippen molar-refractivity contribution >= 4 is 68.0 Å². The first-order chi connectivity index (χ1) is 21.5. The molecule has 48 heavy (non-hydrogen) atoms. The summed E-state index contributed by atoms with van der Waals surface area (Å²) in [5.74, 6) is -9.07. The molecule has 24 heteroatoms. The Hall–Kier alpha value is -5.63. The standard InChI is InChI=1S/3C8H5NO6.Al.La.H2O/c3*10-7(11)4-1-2-5(8(12)13)6(3-4)9(14)15;;;/h3*1-3H,(H,10,11)(H,12,13);;;1H2/q;;;+3;;/p-3. The maximum Gasteiger partial charge on any atom is 1.32 e. The predicted octanol–water partition coefficient (Wildman–Crippen LogP) is -1.18. The number of rotatable bonds is 9. The molecule has 1 heterocycles. The summed E-state index contributed by atoms with van der Waals surface area (Å²) in [5, 5.41) is 59.0. The van der Waals surface area contributed by atoms with Crippen LogP contribution in [0.2, 0.25) is 0 Å². The van der Waals surface area contributed by atoms with E-state index in [-0.39, 0.29) is 57.1 Å². The van der Waals surface area contributed by atoms with Crippen molar-refractivity contribution in [2.45, 2.75) is 0 Å². The third kappa shape index (κ3) is 9.45. The Morgan fingerprint density at radius 2 is 1.27 bits per heavy atom. The number of aromatic carboxylic acids is 5. The van der Waals surface area contributed by atoms with Gasteiger partial charge in [-0.3, -0.25) is 17.9 Å². The number of carboxylic acid groups (broad SMARTS) is 5. The van der Waals surface area contributed by atoms with Crippen LogP contribution in [-0.2, 0) is 11.6 Å². The van der Waals surface area contributed by atoms with E-state index in [9.17, 15) is 58.9 Å². The van der Waals surface area contributed by atoms with E-state index in [1.165, 1.54) is 0 Å². The van der Waals surface area contributed by atoms with Crippen molar-refractivity contribution in [3.8, 4) is 0 Å². The fourth-order valence-electron chi connectivity index (χ4n) is 3.45. The van der Waals surface area contributed by atoms with Gasteiger partial charge >= 0.3 is 50.4 Å². The smallest absolute Gasteiger partial charge is 0.545 e. The van der Waals surface area contributed by atoms with Crippen LogP contribution in [0, 0.1) is 55.5 Å². The molecular weight excluding hydrogens is 800 g/mol. The average Bonchev–Trinajstić information content (AvgIpc) is 2.99. The summed E-state index contributed by atoms with van der Waals surface area (Å²) in [6.07, 6.45) is 0. The number of benzene rings is 3. The van der Waals surface area contributed by atoms with Gasteiger partial charge in [0.15, 0.2) is 0 Å². The van der Waals surface area contributed by atoms with Crippen LogP contribution in [-0.4, -0.2) is 86.5 Å². The van der Waals surface area contributed by atoms with Crippen LogP contribution in [0.15, 0.2) is 54.6 Å². The van der Waals surface area contributed by atoms with Crippen molar-refractivity contribution in [2.24, 2.45) is 0 Å². The number of carbonyl (C=O) groups is 6. The van der Waals surface area contributed by atoms with Crippen LogP contribution >= 0.6 is 0 Å². The molecule has 3 aromatic rings. The monoisotopic (exact) mass is 814 g/mol. The van der Waals surface area contributed by atoms with Crippen molar-refractivity contribution in [3.05, 3.63) is 108 Å². The molecular formula is C24H14AlLaN3O19. The zero-order valence-electron chi connectivity index (χ0n) is 23.2. The number of nitro groups is 1. The molecule has 1 aliphatic rings. The summed E-state index contributed by atoms with van der Waals surface area (Å²) in [7, 11) is 0. The van der Waals surface area contributed by atoms with Gasteiger partial charge in [0.05, 0.1) is 54.5 Å². The molecule has 0 atom stereocenters. The van der Waals surface area contributed by atoms with Gasteiger partial charge in [-0.25, -0.2) is 19.2 Å². The molecule has 245 valence electrons. The summed E-state index contributed by atoms with van der Waals surface area (Å²) in [6.45, 7) is 0. The Kier molecular flexibility index (Phi) is 14.1. The van der Waals surface area contributed by atoms with E-state index < -0.39 is 100 Å². The predicted molar refractivity (Wildman–Crippen MR) is 139 cm³/mol. The number of hydrogen-bond donors (Lipinski definition) is 3. The van der Waals surface area contributed by atoms with Gasteiger partial charge in [-0.05, 0) is 36.4 Å². The van der Waals surface area contributed by atoms with Crippen molar-refractivity contribution < 1.29 is 122 Å². The third-order valence-electron chi connectivity index (χ3n) is 5.55. The second kappa shape index (κ2) is 16.8. The Balaban J connectivity index is 0.000000575. The van der Waals surface area contributed by atoms with Crippen LogP contribution in [0.3, 0.4) is 0 Å². The fourth-order valence-corrected chi connectivity index (χ4v) is 4.43. The van der Waals surface area contributed by atoms with Gasteiger partial charge in [0.2, 0.25) is 9.85 Å². The molecule has 2 bridgehead atoms. The van der Waals surface area contributed by atoms with E-state index in [1.54, 1.807) is 0 Å². The zero-order valence-corrected chi connectivity index (χ0v) is 27.9. The van der Waals surface area contributed by atoms with Gasteiger partial charge < -0.3 is 44.4 Å². The van der Waals surface area contributed by atoms with Crippen LogP contribution in [0.25, 0.3) is 0 Å². The van der Waals surface area contributed by atoms with Crippen molar-refractivity contribution in [1.82, 2.24) is 0 Å². The average molecular weight is 814 g/mol. The van der Waals surface area contributed by atoms with E-state index in [1.807, 2.05) is 0 Å². The maximum atomic E-state index is 12.4. The second-order valence-corrected chi connectivity index (χ2v) is 9.60. The minimum absolute atomic E-state index is 0. The Morgan fingerprint density at radius 3 is 1.75 bits per heavy atom. The van der Waals surface area contributed by atoms with Crippen molar-refractivity contribution in [3.63, 3.8) is 0 Å². The summed E-state index contributed by atoms with van der Waals surface area (Å²) in [6, 6.07) is 7.68. The summed E-state index contributed by atoms with van der Waals surface area (Å²) < 4.78 is 14.2. The molecule has 0 unspecified atom stereocenters. The van der Waals surface area contributed by atoms with Crippen LogP contribution in [0.5, 0.6) is 0 Å². The van der Waals surface area contributed by atoms with Crippen LogP contribution < -0.4 is 10.2 Å². The SMILES string of the molecule is O.O=C(O)c1ccc(C(=O)O)c([N+](=O)[O-])c1.O=C(O)c1ccc(C(=O)[O-])c([N+](=O)[O][Al]2[O]C(=O)c3ccc(C(=O)[O-])c(c3)[N+](=O)[O]2)c1.[La]. The van der Waals surface area contributed by atoms with E-state index in [0.717, 1.165) is 42.5 Å². The quantitative estimate of drug-likeness (QED) is 0.130. The first kappa shape index (κ1) is 40.4.